The third-order valence-corrected chi connectivity index (χ3v) is 5.67. The first kappa shape index (κ1) is 19.5. The molecule has 6 rings (SSSR count). The number of fused-ring (bicyclic) bond motifs is 4. The second-order valence-electron chi connectivity index (χ2n) is 7.70. The molecule has 6 aromatic rings. The number of aromatic hydroxyl groups is 4. The van der Waals surface area contributed by atoms with Gasteiger partial charge < -0.3 is 20.4 Å². The highest BCUT2D eigenvalue weighted by atomic mass is 16.3. The van der Waals surface area contributed by atoms with Gasteiger partial charge in [-0.3, -0.25) is 0 Å². The van der Waals surface area contributed by atoms with Gasteiger partial charge in [0.1, 0.15) is 23.0 Å². The van der Waals surface area contributed by atoms with Crippen LogP contribution in [0.2, 0.25) is 0 Å². The van der Waals surface area contributed by atoms with Crippen LogP contribution in [0.3, 0.4) is 0 Å². The fourth-order valence-electron chi connectivity index (χ4n) is 4.02. The number of benzene rings is 6. The molecule has 0 unspecified atom stereocenters. The highest BCUT2D eigenvalue weighted by Gasteiger charge is 2.06. The highest BCUT2D eigenvalue weighted by Crippen LogP contribution is 2.35. The van der Waals surface area contributed by atoms with E-state index < -0.39 is 0 Å². The minimum absolute atomic E-state index is 0.193. The lowest BCUT2D eigenvalue weighted by molar-refractivity contribution is 0.469. The van der Waals surface area contributed by atoms with Crippen LogP contribution in [-0.4, -0.2) is 20.4 Å². The van der Waals surface area contributed by atoms with Gasteiger partial charge in [0.05, 0.1) is 0 Å². The Morgan fingerprint density at radius 2 is 0.656 bits per heavy atom. The first-order valence-electron chi connectivity index (χ1n) is 10.2. The number of phenolic OH excluding ortho intramolecular Hbond substituents is 4. The summed E-state index contributed by atoms with van der Waals surface area (Å²) in [5, 5.41) is 45.9. The zero-order chi connectivity index (χ0) is 22.2. The summed E-state index contributed by atoms with van der Waals surface area (Å²) >= 11 is 0. The number of rotatable bonds is 0. The third kappa shape index (κ3) is 3.38. The first-order valence-corrected chi connectivity index (χ1v) is 10.2. The van der Waals surface area contributed by atoms with Crippen molar-refractivity contribution in [2.24, 2.45) is 0 Å². The molecule has 0 aromatic heterocycles. The van der Waals surface area contributed by atoms with Gasteiger partial charge in [-0.2, -0.15) is 0 Å². The van der Waals surface area contributed by atoms with Gasteiger partial charge in [-0.05, 0) is 70.1 Å². The Morgan fingerprint density at radius 3 is 1.09 bits per heavy atom. The van der Waals surface area contributed by atoms with Gasteiger partial charge in [0.25, 0.3) is 0 Å². The fraction of sp³-hybridized carbons (Fsp3) is 0. The fourth-order valence-corrected chi connectivity index (χ4v) is 4.02. The van der Waals surface area contributed by atoms with E-state index in [1.54, 1.807) is 24.3 Å². The molecule has 6 aromatic carbocycles. The van der Waals surface area contributed by atoms with Crippen molar-refractivity contribution < 1.29 is 20.4 Å². The summed E-state index contributed by atoms with van der Waals surface area (Å²) in [6.07, 6.45) is 0. The second kappa shape index (κ2) is 7.67. The summed E-state index contributed by atoms with van der Waals surface area (Å²) < 4.78 is 0. The maximum absolute atomic E-state index is 9.74. The molecule has 156 valence electrons. The van der Waals surface area contributed by atoms with Gasteiger partial charge in [-0.25, -0.2) is 0 Å². The standard InChI is InChI=1S/2C14H10O2/c15-13-5-1-3-9-7-12-10(8-11(9)13)4-2-6-14(12)16;15-13-5-6-14(16)12-8-10-4-2-1-3-9(10)7-11(12)13/h2*1-8,15-16H. The number of phenols is 4. The van der Waals surface area contributed by atoms with E-state index in [0.717, 1.165) is 32.3 Å². The Labute approximate surface area is 183 Å². The molecule has 0 spiro atoms. The Morgan fingerprint density at radius 1 is 0.312 bits per heavy atom. The van der Waals surface area contributed by atoms with E-state index in [1.165, 1.54) is 12.1 Å². The van der Waals surface area contributed by atoms with E-state index in [9.17, 15) is 20.4 Å². The van der Waals surface area contributed by atoms with Crippen LogP contribution >= 0.6 is 0 Å². The van der Waals surface area contributed by atoms with Crippen LogP contribution in [0.1, 0.15) is 0 Å². The van der Waals surface area contributed by atoms with E-state index in [2.05, 4.69) is 0 Å². The zero-order valence-electron chi connectivity index (χ0n) is 17.0. The SMILES string of the molecule is Oc1ccc(O)c2cc3ccccc3cc12.Oc1cccc2cc3c(O)cccc3cc12. The Kier molecular flexibility index (Phi) is 4.68. The maximum Gasteiger partial charge on any atom is 0.123 e. The van der Waals surface area contributed by atoms with Gasteiger partial charge in [0.15, 0.2) is 0 Å². The van der Waals surface area contributed by atoms with Gasteiger partial charge in [-0.1, -0.05) is 48.5 Å². The maximum atomic E-state index is 9.74. The largest absolute Gasteiger partial charge is 0.507 e. The zero-order valence-corrected chi connectivity index (χ0v) is 17.0. The van der Waals surface area contributed by atoms with Crippen molar-refractivity contribution in [1.29, 1.82) is 0 Å². The quantitative estimate of drug-likeness (QED) is 0.161. The molecular weight excluding hydrogens is 400 g/mol. The lowest BCUT2D eigenvalue weighted by Gasteiger charge is -2.05. The predicted octanol–water partition coefficient (Wildman–Crippen LogP) is 6.81. The summed E-state index contributed by atoms with van der Waals surface area (Å²) in [4.78, 5) is 0. The second-order valence-corrected chi connectivity index (χ2v) is 7.70. The molecule has 0 aliphatic rings. The van der Waals surface area contributed by atoms with Crippen LogP contribution < -0.4 is 0 Å². The van der Waals surface area contributed by atoms with E-state index in [1.807, 2.05) is 60.7 Å². The molecule has 4 heteroatoms. The van der Waals surface area contributed by atoms with E-state index >= 15 is 0 Å². The highest BCUT2D eigenvalue weighted by molar-refractivity contribution is 6.04. The molecule has 0 saturated carbocycles. The van der Waals surface area contributed by atoms with Crippen LogP contribution in [0.5, 0.6) is 23.0 Å². The predicted molar refractivity (Wildman–Crippen MR) is 130 cm³/mol. The van der Waals surface area contributed by atoms with Crippen LogP contribution in [0.25, 0.3) is 43.1 Å². The minimum Gasteiger partial charge on any atom is -0.507 e. The van der Waals surface area contributed by atoms with Crippen LogP contribution in [-0.2, 0) is 0 Å². The molecule has 0 radical (unpaired) electrons. The molecule has 4 nitrogen and oxygen atoms in total. The third-order valence-electron chi connectivity index (χ3n) is 5.67. The van der Waals surface area contributed by atoms with Crippen LogP contribution in [0.4, 0.5) is 0 Å². The molecule has 0 amide bonds. The molecular formula is C28H20O4. The van der Waals surface area contributed by atoms with Gasteiger partial charge in [0, 0.05) is 21.5 Å². The topological polar surface area (TPSA) is 80.9 Å². The van der Waals surface area contributed by atoms with E-state index in [-0.39, 0.29) is 23.0 Å². The summed E-state index contributed by atoms with van der Waals surface area (Å²) in [6, 6.07) is 29.2. The Bertz CT molecular complexity index is 1500. The van der Waals surface area contributed by atoms with E-state index in [0.29, 0.717) is 10.8 Å². The lowest BCUT2D eigenvalue weighted by Crippen LogP contribution is -1.78. The number of hydrogen-bond acceptors (Lipinski definition) is 4. The monoisotopic (exact) mass is 420 g/mol. The van der Waals surface area contributed by atoms with Crippen molar-refractivity contribution in [2.75, 3.05) is 0 Å². The van der Waals surface area contributed by atoms with Crippen molar-refractivity contribution >= 4 is 43.1 Å². The molecule has 32 heavy (non-hydrogen) atoms. The first-order chi connectivity index (χ1) is 15.5. The normalized spacial score (nSPS) is 11.0. The van der Waals surface area contributed by atoms with Crippen molar-refractivity contribution in [3.8, 4) is 23.0 Å². The molecule has 4 N–H and O–H groups in total. The summed E-state index contributed by atoms with van der Waals surface area (Å²) in [6.45, 7) is 0. The molecule has 0 atom stereocenters. The summed E-state index contributed by atoms with van der Waals surface area (Å²) in [5.74, 6) is 0.919. The summed E-state index contributed by atoms with van der Waals surface area (Å²) in [5.41, 5.74) is 0. The Hall–Kier alpha value is -4.44. The number of hydrogen-bond donors (Lipinski definition) is 4. The van der Waals surface area contributed by atoms with Gasteiger partial charge >= 0.3 is 0 Å². The molecule has 0 heterocycles. The van der Waals surface area contributed by atoms with Crippen LogP contribution in [0, 0.1) is 0 Å². The minimum atomic E-state index is 0.193. The molecule has 0 aliphatic carbocycles. The van der Waals surface area contributed by atoms with Crippen molar-refractivity contribution in [3.05, 3.63) is 97.1 Å². The summed E-state index contributed by atoms with van der Waals surface area (Å²) in [7, 11) is 0. The van der Waals surface area contributed by atoms with Crippen molar-refractivity contribution in [3.63, 3.8) is 0 Å². The molecule has 0 bridgehead atoms. The molecule has 0 fully saturated rings. The van der Waals surface area contributed by atoms with Gasteiger partial charge in [0.2, 0.25) is 0 Å². The average molecular weight is 420 g/mol. The lowest BCUT2D eigenvalue weighted by atomic mass is 10.0. The Balaban J connectivity index is 0.000000135. The van der Waals surface area contributed by atoms with Crippen LogP contribution in [0.15, 0.2) is 97.1 Å². The van der Waals surface area contributed by atoms with Crippen molar-refractivity contribution in [1.82, 2.24) is 0 Å². The molecule has 0 aliphatic heterocycles. The average Bonchev–Trinajstić information content (AvgIpc) is 2.81. The smallest absolute Gasteiger partial charge is 0.123 e. The van der Waals surface area contributed by atoms with Crippen molar-refractivity contribution in [2.45, 2.75) is 0 Å². The molecule has 0 saturated heterocycles. The van der Waals surface area contributed by atoms with E-state index in [4.69, 9.17) is 0 Å². The van der Waals surface area contributed by atoms with Gasteiger partial charge in [-0.15, -0.1) is 0 Å².